The van der Waals surface area contributed by atoms with Gasteiger partial charge in [0.15, 0.2) is 0 Å². The summed E-state index contributed by atoms with van der Waals surface area (Å²) in [4.78, 5) is 11.9. The Kier molecular flexibility index (Phi) is 5.04. The first-order valence-corrected chi connectivity index (χ1v) is 7.28. The minimum absolute atomic E-state index is 0.244. The van der Waals surface area contributed by atoms with E-state index in [2.05, 4.69) is 15.7 Å². The van der Waals surface area contributed by atoms with Gasteiger partial charge in [-0.05, 0) is 45.0 Å². The van der Waals surface area contributed by atoms with E-state index in [4.69, 9.17) is 4.74 Å². The number of nitrogens with zero attached hydrogens (tertiary/aromatic N) is 2. The third-order valence-electron chi connectivity index (χ3n) is 3.51. The Bertz CT molecular complexity index is 647. The van der Waals surface area contributed by atoms with Gasteiger partial charge in [0.25, 0.3) is 0 Å². The molecule has 0 radical (unpaired) electrons. The molecule has 1 aromatic carbocycles. The van der Waals surface area contributed by atoms with Crippen LogP contribution in [-0.2, 0) is 13.6 Å². The van der Waals surface area contributed by atoms with Gasteiger partial charge in [0.05, 0.1) is 12.3 Å². The Morgan fingerprint density at radius 3 is 2.50 bits per heavy atom. The third-order valence-corrected chi connectivity index (χ3v) is 3.51. The van der Waals surface area contributed by atoms with Crippen molar-refractivity contribution in [1.29, 1.82) is 0 Å². The summed E-state index contributed by atoms with van der Waals surface area (Å²) in [5.74, 6) is 0.787. The van der Waals surface area contributed by atoms with Crippen LogP contribution in [0, 0.1) is 13.8 Å². The van der Waals surface area contributed by atoms with E-state index in [1.807, 2.05) is 56.8 Å². The lowest BCUT2D eigenvalue weighted by Crippen LogP contribution is -2.28. The van der Waals surface area contributed by atoms with Crippen LogP contribution in [0.5, 0.6) is 5.75 Å². The van der Waals surface area contributed by atoms with Crippen molar-refractivity contribution < 1.29 is 9.53 Å². The third kappa shape index (κ3) is 3.78. The second kappa shape index (κ2) is 6.98. The topological polar surface area (TPSA) is 68.2 Å². The highest BCUT2D eigenvalue weighted by Crippen LogP contribution is 2.15. The molecule has 2 N–H and O–H groups in total. The van der Waals surface area contributed by atoms with Gasteiger partial charge in [0.1, 0.15) is 5.75 Å². The predicted molar refractivity (Wildman–Crippen MR) is 86.2 cm³/mol. The van der Waals surface area contributed by atoms with Crippen molar-refractivity contribution >= 4 is 11.7 Å². The van der Waals surface area contributed by atoms with Crippen LogP contribution in [0.2, 0.25) is 0 Å². The quantitative estimate of drug-likeness (QED) is 0.892. The summed E-state index contributed by atoms with van der Waals surface area (Å²) in [5, 5.41) is 9.97. The number of nitrogens with one attached hydrogen (secondary N) is 2. The summed E-state index contributed by atoms with van der Waals surface area (Å²) < 4.78 is 7.18. The largest absolute Gasteiger partial charge is 0.494 e. The van der Waals surface area contributed by atoms with Gasteiger partial charge < -0.3 is 15.4 Å². The molecule has 0 saturated carbocycles. The minimum atomic E-state index is -0.244. The maximum atomic E-state index is 11.9. The molecule has 1 aromatic heterocycles. The summed E-state index contributed by atoms with van der Waals surface area (Å²) in [6, 6.07) is 7.03. The molecule has 2 aromatic rings. The van der Waals surface area contributed by atoms with Gasteiger partial charge in [-0.1, -0.05) is 0 Å². The monoisotopic (exact) mass is 302 g/mol. The normalized spacial score (nSPS) is 10.4. The number of anilines is 1. The molecule has 2 rings (SSSR count). The molecule has 0 aliphatic rings. The lowest BCUT2D eigenvalue weighted by molar-refractivity contribution is 0.251. The van der Waals surface area contributed by atoms with Crippen LogP contribution in [0.25, 0.3) is 0 Å². The molecule has 0 unspecified atom stereocenters. The smallest absolute Gasteiger partial charge is 0.319 e. The minimum Gasteiger partial charge on any atom is -0.494 e. The molecule has 0 aliphatic carbocycles. The first kappa shape index (κ1) is 15.9. The van der Waals surface area contributed by atoms with Crippen LogP contribution < -0.4 is 15.4 Å². The van der Waals surface area contributed by atoms with Crippen molar-refractivity contribution in [3.63, 3.8) is 0 Å². The van der Waals surface area contributed by atoms with Gasteiger partial charge in [-0.15, -0.1) is 0 Å². The molecule has 1 heterocycles. The maximum absolute atomic E-state index is 11.9. The fourth-order valence-electron chi connectivity index (χ4n) is 2.22. The second-order valence-electron chi connectivity index (χ2n) is 5.04. The van der Waals surface area contributed by atoms with Crippen LogP contribution in [-0.4, -0.2) is 22.4 Å². The molecule has 118 valence electrons. The lowest BCUT2D eigenvalue weighted by Gasteiger charge is -2.09. The van der Waals surface area contributed by atoms with Gasteiger partial charge in [0, 0.05) is 30.5 Å². The number of carbonyl (C=O) groups excluding carboxylic acids is 1. The number of rotatable bonds is 5. The van der Waals surface area contributed by atoms with Crippen LogP contribution >= 0.6 is 0 Å². The van der Waals surface area contributed by atoms with Gasteiger partial charge in [0.2, 0.25) is 0 Å². The zero-order valence-corrected chi connectivity index (χ0v) is 13.4. The zero-order valence-electron chi connectivity index (χ0n) is 13.4. The Balaban J connectivity index is 1.90. The average molecular weight is 302 g/mol. The van der Waals surface area contributed by atoms with Gasteiger partial charge in [-0.3, -0.25) is 4.68 Å². The highest BCUT2D eigenvalue weighted by Gasteiger charge is 2.10. The Hall–Kier alpha value is -2.50. The van der Waals surface area contributed by atoms with Crippen LogP contribution in [0.15, 0.2) is 24.3 Å². The lowest BCUT2D eigenvalue weighted by atomic mass is 10.2. The molecule has 0 fully saturated rings. The number of hydrogen-bond acceptors (Lipinski definition) is 3. The van der Waals surface area contributed by atoms with E-state index in [0.29, 0.717) is 13.2 Å². The van der Waals surface area contributed by atoms with E-state index in [9.17, 15) is 4.79 Å². The highest BCUT2D eigenvalue weighted by atomic mass is 16.5. The Morgan fingerprint density at radius 2 is 1.95 bits per heavy atom. The van der Waals surface area contributed by atoms with E-state index >= 15 is 0 Å². The number of aryl methyl sites for hydroxylation is 2. The van der Waals surface area contributed by atoms with Crippen molar-refractivity contribution in [3.8, 4) is 5.75 Å². The van der Waals surface area contributed by atoms with E-state index in [1.54, 1.807) is 0 Å². The van der Waals surface area contributed by atoms with E-state index < -0.39 is 0 Å². The predicted octanol–water partition coefficient (Wildman–Crippen LogP) is 2.76. The van der Waals surface area contributed by atoms with Gasteiger partial charge in [-0.25, -0.2) is 4.79 Å². The van der Waals surface area contributed by atoms with Gasteiger partial charge >= 0.3 is 6.03 Å². The van der Waals surface area contributed by atoms with Crippen molar-refractivity contribution in [1.82, 2.24) is 15.1 Å². The number of aromatic nitrogens is 2. The van der Waals surface area contributed by atoms with Gasteiger partial charge in [-0.2, -0.15) is 5.10 Å². The van der Waals surface area contributed by atoms with Crippen molar-refractivity contribution in [2.75, 3.05) is 11.9 Å². The SMILES string of the molecule is CCOc1ccc(NC(=O)NCc2c(C)nn(C)c2C)cc1. The summed E-state index contributed by atoms with van der Waals surface area (Å²) in [6.45, 7) is 6.93. The van der Waals surface area contributed by atoms with E-state index in [0.717, 1.165) is 28.4 Å². The van der Waals surface area contributed by atoms with Crippen LogP contribution in [0.1, 0.15) is 23.9 Å². The summed E-state index contributed by atoms with van der Waals surface area (Å²) in [7, 11) is 1.89. The number of ether oxygens (including phenoxy) is 1. The molecule has 0 aliphatic heterocycles. The van der Waals surface area contributed by atoms with Crippen LogP contribution in [0.4, 0.5) is 10.5 Å². The number of amides is 2. The van der Waals surface area contributed by atoms with E-state index in [1.165, 1.54) is 0 Å². The van der Waals surface area contributed by atoms with Crippen molar-refractivity contribution in [2.45, 2.75) is 27.3 Å². The number of benzene rings is 1. The molecular formula is C16H22N4O2. The fraction of sp³-hybridized carbons (Fsp3) is 0.375. The molecular weight excluding hydrogens is 280 g/mol. The first-order chi connectivity index (χ1) is 10.5. The first-order valence-electron chi connectivity index (χ1n) is 7.28. The van der Waals surface area contributed by atoms with Crippen molar-refractivity contribution in [3.05, 3.63) is 41.2 Å². The summed E-state index contributed by atoms with van der Waals surface area (Å²) in [6.07, 6.45) is 0. The molecule has 0 atom stereocenters. The molecule has 6 heteroatoms. The Morgan fingerprint density at radius 1 is 1.27 bits per heavy atom. The number of urea groups is 1. The summed E-state index contributed by atoms with van der Waals surface area (Å²) in [5.41, 5.74) is 3.75. The number of hydrogen-bond donors (Lipinski definition) is 2. The fourth-order valence-corrected chi connectivity index (χ4v) is 2.22. The Labute approximate surface area is 130 Å². The van der Waals surface area contributed by atoms with Crippen molar-refractivity contribution in [2.24, 2.45) is 7.05 Å². The molecule has 0 saturated heterocycles. The van der Waals surface area contributed by atoms with E-state index in [-0.39, 0.29) is 6.03 Å². The zero-order chi connectivity index (χ0) is 16.1. The molecule has 0 spiro atoms. The number of carbonyl (C=O) groups is 1. The second-order valence-corrected chi connectivity index (χ2v) is 5.04. The maximum Gasteiger partial charge on any atom is 0.319 e. The molecule has 2 amide bonds. The average Bonchev–Trinajstić information content (AvgIpc) is 2.72. The molecule has 22 heavy (non-hydrogen) atoms. The van der Waals surface area contributed by atoms with Crippen LogP contribution in [0.3, 0.4) is 0 Å². The highest BCUT2D eigenvalue weighted by molar-refractivity contribution is 5.89. The molecule has 6 nitrogen and oxygen atoms in total. The standard InChI is InChI=1S/C16H22N4O2/c1-5-22-14-8-6-13(7-9-14)18-16(21)17-10-15-11(2)19-20(4)12(15)3/h6-9H,5,10H2,1-4H3,(H2,17,18,21). The molecule has 0 bridgehead atoms. The summed E-state index contributed by atoms with van der Waals surface area (Å²) >= 11 is 0.